The summed E-state index contributed by atoms with van der Waals surface area (Å²) in [5.41, 5.74) is 1.16. The van der Waals surface area contributed by atoms with Gasteiger partial charge in [-0.1, -0.05) is 23.7 Å². The lowest BCUT2D eigenvalue weighted by molar-refractivity contribution is -0.120. The molecule has 8 nitrogen and oxygen atoms in total. The number of carbonyl (C=O) groups is 2. The number of hydrogen-bond donors (Lipinski definition) is 1. The quantitative estimate of drug-likeness (QED) is 0.699. The monoisotopic (exact) mass is 418 g/mol. The minimum Gasteiger partial charge on any atom is -0.475 e. The summed E-state index contributed by atoms with van der Waals surface area (Å²) in [5.74, 6) is 0.283. The predicted octanol–water partition coefficient (Wildman–Crippen LogP) is 3.03. The Morgan fingerprint density at radius 2 is 2.10 bits per heavy atom. The maximum absolute atomic E-state index is 12.8. The van der Waals surface area contributed by atoms with Crippen molar-refractivity contribution >= 4 is 34.9 Å². The van der Waals surface area contributed by atoms with Gasteiger partial charge in [0.15, 0.2) is 0 Å². The van der Waals surface area contributed by atoms with Crippen LogP contribution in [-0.2, 0) is 9.53 Å². The van der Waals surface area contributed by atoms with E-state index in [1.54, 1.807) is 43.3 Å². The lowest BCUT2D eigenvalue weighted by atomic mass is 10.2. The van der Waals surface area contributed by atoms with Gasteiger partial charge in [0.2, 0.25) is 11.8 Å². The van der Waals surface area contributed by atoms with Gasteiger partial charge in [-0.2, -0.15) is 0 Å². The number of anilines is 2. The number of carbonyl (C=O) groups excluding carboxylic acids is 2. The van der Waals surface area contributed by atoms with Crippen molar-refractivity contribution in [3.05, 3.63) is 47.6 Å². The molecule has 0 aliphatic carbocycles. The average molecular weight is 419 g/mol. The Hall–Kier alpha value is -2.84. The zero-order valence-corrected chi connectivity index (χ0v) is 17.1. The van der Waals surface area contributed by atoms with Gasteiger partial charge in [0.05, 0.1) is 29.2 Å². The first-order valence-electron chi connectivity index (χ1n) is 9.18. The van der Waals surface area contributed by atoms with Crippen LogP contribution in [-0.4, -0.2) is 61.8 Å². The highest BCUT2D eigenvalue weighted by Gasteiger charge is 2.37. The zero-order chi connectivity index (χ0) is 20.8. The van der Waals surface area contributed by atoms with Gasteiger partial charge in [0.25, 0.3) is 0 Å². The van der Waals surface area contributed by atoms with Crippen LogP contribution in [0.15, 0.2) is 42.6 Å². The lowest BCUT2D eigenvalue weighted by Crippen LogP contribution is -2.44. The van der Waals surface area contributed by atoms with E-state index in [-0.39, 0.29) is 11.9 Å². The van der Waals surface area contributed by atoms with E-state index in [4.69, 9.17) is 21.1 Å². The fourth-order valence-electron chi connectivity index (χ4n) is 3.06. The molecule has 3 rings (SSSR count). The Balaban J connectivity index is 1.59. The normalized spacial score (nSPS) is 16.0. The molecule has 154 valence electrons. The second-order valence-corrected chi connectivity index (χ2v) is 6.92. The summed E-state index contributed by atoms with van der Waals surface area (Å²) in [6, 6.07) is 9.57. The molecule has 1 aromatic heterocycles. The van der Waals surface area contributed by atoms with Gasteiger partial charge in [-0.25, -0.2) is 9.78 Å². The number of aromatic nitrogens is 1. The predicted molar refractivity (Wildman–Crippen MR) is 111 cm³/mol. The van der Waals surface area contributed by atoms with Crippen LogP contribution in [0.2, 0.25) is 5.02 Å². The third kappa shape index (κ3) is 4.96. The molecule has 29 heavy (non-hydrogen) atoms. The van der Waals surface area contributed by atoms with Gasteiger partial charge < -0.3 is 24.6 Å². The number of benzene rings is 1. The molecular formula is C20H23ClN4O4. The largest absolute Gasteiger partial charge is 0.475 e. The molecule has 3 amide bonds. The first-order chi connectivity index (χ1) is 14.0. The van der Waals surface area contributed by atoms with Crippen LogP contribution in [0, 0.1) is 0 Å². The second kappa shape index (κ2) is 9.58. The molecule has 9 heteroatoms. The molecular weight excluding hydrogens is 396 g/mol. The highest BCUT2D eigenvalue weighted by Crippen LogP contribution is 2.30. The molecule has 0 bridgehead atoms. The number of hydrogen-bond acceptors (Lipinski definition) is 5. The standard InChI is InChI=1S/C20H23ClN4O4/c1-24(17-9-10-25(19(17)26)16-6-4-3-5-15(16)21)20(27)23-14-7-8-18(22-13-14)29-12-11-28-2/h3-8,13,17H,9-12H2,1-2H3,(H,23,27). The molecule has 1 atom stereocenters. The maximum Gasteiger partial charge on any atom is 0.322 e. The van der Waals surface area contributed by atoms with E-state index in [1.165, 1.54) is 11.1 Å². The van der Waals surface area contributed by atoms with Crippen LogP contribution >= 0.6 is 11.6 Å². The molecule has 1 fully saturated rings. The van der Waals surface area contributed by atoms with Crippen molar-refractivity contribution in [2.24, 2.45) is 0 Å². The van der Waals surface area contributed by atoms with Crippen LogP contribution in [0.25, 0.3) is 0 Å². The number of nitrogens with one attached hydrogen (secondary N) is 1. The topological polar surface area (TPSA) is 84.0 Å². The number of nitrogens with zero attached hydrogens (tertiary/aromatic N) is 3. The summed E-state index contributed by atoms with van der Waals surface area (Å²) in [4.78, 5) is 32.6. The van der Waals surface area contributed by atoms with Crippen molar-refractivity contribution in [2.75, 3.05) is 44.1 Å². The summed E-state index contributed by atoms with van der Waals surface area (Å²) >= 11 is 6.21. The van der Waals surface area contributed by atoms with E-state index < -0.39 is 6.04 Å². The van der Waals surface area contributed by atoms with E-state index >= 15 is 0 Å². The lowest BCUT2D eigenvalue weighted by Gasteiger charge is -2.24. The van der Waals surface area contributed by atoms with Crippen molar-refractivity contribution < 1.29 is 19.1 Å². The van der Waals surface area contributed by atoms with Crippen LogP contribution < -0.4 is 15.0 Å². The maximum atomic E-state index is 12.8. The Bertz CT molecular complexity index is 862. The van der Waals surface area contributed by atoms with E-state index in [1.807, 2.05) is 12.1 Å². The number of pyridine rings is 1. The number of para-hydroxylation sites is 1. The summed E-state index contributed by atoms with van der Waals surface area (Å²) in [6.45, 7) is 1.36. The van der Waals surface area contributed by atoms with Crippen LogP contribution in [0.3, 0.4) is 0 Å². The van der Waals surface area contributed by atoms with Gasteiger partial charge >= 0.3 is 6.03 Å². The second-order valence-electron chi connectivity index (χ2n) is 6.51. The van der Waals surface area contributed by atoms with Crippen LogP contribution in [0.1, 0.15) is 6.42 Å². The Morgan fingerprint density at radius 1 is 1.31 bits per heavy atom. The number of urea groups is 1. The molecule has 1 aliphatic rings. The molecule has 1 aromatic carbocycles. The fourth-order valence-corrected chi connectivity index (χ4v) is 3.29. The van der Waals surface area contributed by atoms with Crippen molar-refractivity contribution in [3.63, 3.8) is 0 Å². The van der Waals surface area contributed by atoms with Crippen LogP contribution in [0.4, 0.5) is 16.2 Å². The van der Waals surface area contributed by atoms with Crippen molar-refractivity contribution in [2.45, 2.75) is 12.5 Å². The van der Waals surface area contributed by atoms with E-state index in [2.05, 4.69) is 10.3 Å². The van der Waals surface area contributed by atoms with E-state index in [0.717, 1.165) is 0 Å². The molecule has 1 aliphatic heterocycles. The number of amides is 3. The molecule has 2 aromatic rings. The summed E-state index contributed by atoms with van der Waals surface area (Å²) < 4.78 is 10.3. The number of halogens is 1. The molecule has 0 saturated carbocycles. The van der Waals surface area contributed by atoms with Gasteiger partial charge in [-0.15, -0.1) is 0 Å². The van der Waals surface area contributed by atoms with Crippen molar-refractivity contribution in [1.29, 1.82) is 0 Å². The highest BCUT2D eigenvalue weighted by atomic mass is 35.5. The molecule has 1 saturated heterocycles. The van der Waals surface area contributed by atoms with E-state index in [9.17, 15) is 9.59 Å². The van der Waals surface area contributed by atoms with Crippen LogP contribution in [0.5, 0.6) is 5.88 Å². The summed E-state index contributed by atoms with van der Waals surface area (Å²) in [7, 11) is 3.19. The molecule has 0 radical (unpaired) electrons. The van der Waals surface area contributed by atoms with Crippen molar-refractivity contribution in [3.8, 4) is 5.88 Å². The highest BCUT2D eigenvalue weighted by molar-refractivity contribution is 6.34. The first-order valence-corrected chi connectivity index (χ1v) is 9.56. The fraction of sp³-hybridized carbons (Fsp3) is 0.350. The Kier molecular flexibility index (Phi) is 6.90. The van der Waals surface area contributed by atoms with Gasteiger partial charge in [0, 0.05) is 26.8 Å². The number of methoxy groups -OCH3 is 1. The van der Waals surface area contributed by atoms with Gasteiger partial charge in [-0.05, 0) is 24.6 Å². The first kappa shape index (κ1) is 20.9. The minimum absolute atomic E-state index is 0.157. The average Bonchev–Trinajstić information content (AvgIpc) is 3.10. The van der Waals surface area contributed by atoms with Gasteiger partial charge in [-0.3, -0.25) is 4.79 Å². The molecule has 2 heterocycles. The van der Waals surface area contributed by atoms with Crippen molar-refractivity contribution in [1.82, 2.24) is 9.88 Å². The summed E-state index contributed by atoms with van der Waals surface area (Å²) in [6.07, 6.45) is 2.03. The molecule has 1 N–H and O–H groups in total. The number of ether oxygens (including phenoxy) is 2. The Labute approximate surface area is 174 Å². The zero-order valence-electron chi connectivity index (χ0n) is 16.3. The number of likely N-dealkylation sites (N-methyl/N-ethyl adjacent to an activating group) is 1. The third-order valence-electron chi connectivity index (χ3n) is 4.63. The number of rotatable bonds is 7. The third-order valence-corrected chi connectivity index (χ3v) is 4.95. The molecule has 0 spiro atoms. The smallest absolute Gasteiger partial charge is 0.322 e. The minimum atomic E-state index is -0.559. The van der Waals surface area contributed by atoms with E-state index in [0.29, 0.717) is 48.5 Å². The SMILES string of the molecule is COCCOc1ccc(NC(=O)N(C)C2CCN(c3ccccc3Cl)C2=O)cn1. The Morgan fingerprint density at radius 3 is 2.79 bits per heavy atom. The summed E-state index contributed by atoms with van der Waals surface area (Å²) in [5, 5.41) is 3.25. The molecule has 1 unspecified atom stereocenters. The van der Waals surface area contributed by atoms with Gasteiger partial charge in [0.1, 0.15) is 12.6 Å².